The maximum Gasteiger partial charge on any atom is 0.313 e. The summed E-state index contributed by atoms with van der Waals surface area (Å²) in [6.45, 7) is 0. The molecule has 2 nitrogen and oxygen atoms in total. The van der Waals surface area contributed by atoms with E-state index in [0.29, 0.717) is 6.10 Å². The molecule has 2 aliphatic rings. The molecule has 0 spiro atoms. The molecule has 1 aliphatic heterocycles. The lowest BCUT2D eigenvalue weighted by Gasteiger charge is -2.36. The maximum absolute atomic E-state index is 10.9. The molecule has 2 heteroatoms. The van der Waals surface area contributed by atoms with Crippen LogP contribution < -0.4 is 0 Å². The first-order chi connectivity index (χ1) is 5.38. The zero-order chi connectivity index (χ0) is 7.68. The quantitative estimate of drug-likeness (QED) is 0.498. The van der Waals surface area contributed by atoms with Crippen molar-refractivity contribution in [3.05, 3.63) is 0 Å². The molecule has 0 amide bonds. The van der Waals surface area contributed by atoms with Crippen molar-refractivity contribution < 1.29 is 9.53 Å². The van der Waals surface area contributed by atoms with Crippen LogP contribution in [-0.2, 0) is 9.53 Å². The van der Waals surface area contributed by atoms with E-state index in [1.54, 1.807) is 0 Å². The van der Waals surface area contributed by atoms with Crippen molar-refractivity contribution in [1.82, 2.24) is 0 Å². The number of esters is 1. The number of hydrogen-bond acceptors (Lipinski definition) is 2. The van der Waals surface area contributed by atoms with Gasteiger partial charge in [-0.15, -0.1) is 0 Å². The number of hydrogen-bond donors (Lipinski definition) is 0. The molecule has 2 rings (SSSR count). The van der Waals surface area contributed by atoms with Gasteiger partial charge in [-0.05, 0) is 19.3 Å². The predicted octanol–water partition coefficient (Wildman–Crippen LogP) is 1.88. The third-order valence-corrected chi connectivity index (χ3v) is 2.77. The molecule has 1 saturated heterocycles. The minimum absolute atomic E-state index is 0.0527. The summed E-state index contributed by atoms with van der Waals surface area (Å²) in [5.41, 5.74) is 0. The molecule has 0 aromatic rings. The average molecular weight is 154 g/mol. The first kappa shape index (κ1) is 7.14. The third kappa shape index (κ3) is 1.26. The molecule has 1 saturated carbocycles. The van der Waals surface area contributed by atoms with E-state index in [2.05, 4.69) is 0 Å². The van der Waals surface area contributed by atoms with Crippen LogP contribution in [0.4, 0.5) is 0 Å². The second-order valence-electron chi connectivity index (χ2n) is 3.57. The van der Waals surface area contributed by atoms with E-state index in [0.717, 1.165) is 12.8 Å². The third-order valence-electron chi connectivity index (χ3n) is 2.77. The fourth-order valence-corrected chi connectivity index (χ4v) is 2.03. The molecule has 2 fully saturated rings. The van der Waals surface area contributed by atoms with Crippen LogP contribution in [0.2, 0.25) is 0 Å². The molecule has 0 aromatic heterocycles. The summed E-state index contributed by atoms with van der Waals surface area (Å²) in [6.07, 6.45) is 7.56. The van der Waals surface area contributed by atoms with E-state index in [-0.39, 0.29) is 11.9 Å². The number of fused-ring (bicyclic) bond motifs is 1. The fourth-order valence-electron chi connectivity index (χ4n) is 2.03. The molecule has 2 atom stereocenters. The lowest BCUT2D eigenvalue weighted by molar-refractivity contribution is -0.186. The fraction of sp³-hybridized carbons (Fsp3) is 0.889. The smallest absolute Gasteiger partial charge is 0.313 e. The van der Waals surface area contributed by atoms with Gasteiger partial charge in [0.2, 0.25) is 0 Å². The topological polar surface area (TPSA) is 26.3 Å². The molecular formula is C9H14O2. The summed E-state index contributed by atoms with van der Waals surface area (Å²) in [5, 5.41) is 0. The van der Waals surface area contributed by atoms with E-state index < -0.39 is 0 Å². The predicted molar refractivity (Wildman–Crippen MR) is 41.1 cm³/mol. The van der Waals surface area contributed by atoms with E-state index >= 15 is 0 Å². The van der Waals surface area contributed by atoms with Crippen molar-refractivity contribution in [2.45, 2.75) is 44.6 Å². The number of carbonyl (C=O) groups is 1. The molecule has 0 bridgehead atoms. The highest BCUT2D eigenvalue weighted by molar-refractivity contribution is 5.78. The Balaban J connectivity index is 1.92. The van der Waals surface area contributed by atoms with Crippen LogP contribution in [0.3, 0.4) is 0 Å². The zero-order valence-electron chi connectivity index (χ0n) is 6.71. The summed E-state index contributed by atoms with van der Waals surface area (Å²) in [4.78, 5) is 10.9. The highest BCUT2D eigenvalue weighted by Gasteiger charge is 2.41. The average Bonchev–Trinajstić information content (AvgIpc) is 1.96. The number of carbonyl (C=O) groups excluding carboxylic acids is 1. The van der Waals surface area contributed by atoms with E-state index in [1.165, 1.54) is 25.7 Å². The maximum atomic E-state index is 10.9. The molecule has 62 valence electrons. The Labute approximate surface area is 66.9 Å². The molecule has 1 heterocycles. The Morgan fingerprint density at radius 3 is 2.55 bits per heavy atom. The Hall–Kier alpha value is -0.530. The Kier molecular flexibility index (Phi) is 1.84. The van der Waals surface area contributed by atoms with Crippen molar-refractivity contribution in [3.63, 3.8) is 0 Å². The van der Waals surface area contributed by atoms with Crippen LogP contribution in [0, 0.1) is 5.92 Å². The van der Waals surface area contributed by atoms with Crippen molar-refractivity contribution in [2.75, 3.05) is 0 Å². The van der Waals surface area contributed by atoms with Gasteiger partial charge in [-0.3, -0.25) is 4.79 Å². The SMILES string of the molecule is O=C1O[C@H]2CCCCCCC12. The Bertz CT molecular complexity index is 165. The van der Waals surface area contributed by atoms with Crippen LogP contribution >= 0.6 is 0 Å². The van der Waals surface area contributed by atoms with Crippen molar-refractivity contribution in [3.8, 4) is 0 Å². The normalized spacial score (nSPS) is 37.6. The molecule has 11 heavy (non-hydrogen) atoms. The summed E-state index contributed by atoms with van der Waals surface area (Å²) < 4.78 is 5.04. The van der Waals surface area contributed by atoms with Gasteiger partial charge in [0.1, 0.15) is 6.10 Å². The molecule has 1 unspecified atom stereocenters. The molecule has 0 aromatic carbocycles. The highest BCUT2D eigenvalue weighted by Crippen LogP contribution is 2.33. The van der Waals surface area contributed by atoms with Gasteiger partial charge in [0.15, 0.2) is 0 Å². The first-order valence-electron chi connectivity index (χ1n) is 4.58. The lowest BCUT2D eigenvalue weighted by atomic mass is 9.85. The van der Waals surface area contributed by atoms with Crippen molar-refractivity contribution >= 4 is 5.97 Å². The van der Waals surface area contributed by atoms with Gasteiger partial charge in [-0.1, -0.05) is 19.3 Å². The standard InChI is InChI=1S/C9H14O2/c10-9-7-5-3-1-2-4-6-8(7)11-9/h7-8H,1-6H2/t7?,8-/m0/s1. The Morgan fingerprint density at radius 2 is 1.82 bits per heavy atom. The lowest BCUT2D eigenvalue weighted by Crippen LogP contribution is -2.45. The largest absolute Gasteiger partial charge is 0.461 e. The summed E-state index contributed by atoms with van der Waals surface area (Å²) >= 11 is 0. The van der Waals surface area contributed by atoms with Gasteiger partial charge in [-0.2, -0.15) is 0 Å². The molecule has 1 aliphatic carbocycles. The van der Waals surface area contributed by atoms with Crippen molar-refractivity contribution in [2.24, 2.45) is 5.92 Å². The summed E-state index contributed by atoms with van der Waals surface area (Å²) in [6, 6.07) is 0. The Morgan fingerprint density at radius 1 is 1.09 bits per heavy atom. The zero-order valence-corrected chi connectivity index (χ0v) is 6.71. The van der Waals surface area contributed by atoms with Crippen LogP contribution in [0.25, 0.3) is 0 Å². The summed E-state index contributed by atoms with van der Waals surface area (Å²) in [5.74, 6) is 0.326. The molecular weight excluding hydrogens is 140 g/mol. The van der Waals surface area contributed by atoms with Gasteiger partial charge in [0, 0.05) is 0 Å². The van der Waals surface area contributed by atoms with Crippen LogP contribution in [-0.4, -0.2) is 12.1 Å². The van der Waals surface area contributed by atoms with E-state index in [1.807, 2.05) is 0 Å². The second-order valence-corrected chi connectivity index (χ2v) is 3.57. The van der Waals surface area contributed by atoms with Gasteiger partial charge in [0.05, 0.1) is 5.92 Å². The summed E-state index contributed by atoms with van der Waals surface area (Å²) in [7, 11) is 0. The highest BCUT2D eigenvalue weighted by atomic mass is 16.6. The molecule has 0 radical (unpaired) electrons. The number of rotatable bonds is 0. The van der Waals surface area contributed by atoms with Gasteiger partial charge >= 0.3 is 5.97 Å². The van der Waals surface area contributed by atoms with Gasteiger partial charge in [0.25, 0.3) is 0 Å². The molecule has 0 N–H and O–H groups in total. The van der Waals surface area contributed by atoms with E-state index in [4.69, 9.17) is 4.74 Å². The van der Waals surface area contributed by atoms with Gasteiger partial charge < -0.3 is 4.74 Å². The minimum Gasteiger partial charge on any atom is -0.461 e. The van der Waals surface area contributed by atoms with E-state index in [9.17, 15) is 4.79 Å². The van der Waals surface area contributed by atoms with Crippen LogP contribution in [0.5, 0.6) is 0 Å². The first-order valence-corrected chi connectivity index (χ1v) is 4.58. The monoisotopic (exact) mass is 154 g/mol. The van der Waals surface area contributed by atoms with Crippen LogP contribution in [0.1, 0.15) is 38.5 Å². The van der Waals surface area contributed by atoms with Gasteiger partial charge in [-0.25, -0.2) is 0 Å². The van der Waals surface area contributed by atoms with Crippen LogP contribution in [0.15, 0.2) is 0 Å². The number of ether oxygens (including phenoxy) is 1. The minimum atomic E-state index is 0.0527. The second kappa shape index (κ2) is 2.84. The van der Waals surface area contributed by atoms with Crippen molar-refractivity contribution in [1.29, 1.82) is 0 Å².